The van der Waals surface area contributed by atoms with Gasteiger partial charge in [0.1, 0.15) is 11.0 Å². The van der Waals surface area contributed by atoms with Crippen molar-refractivity contribution < 1.29 is 4.39 Å². The van der Waals surface area contributed by atoms with Crippen LogP contribution in [-0.2, 0) is 0 Å². The van der Waals surface area contributed by atoms with Crippen LogP contribution in [0.3, 0.4) is 0 Å². The molecule has 0 amide bonds. The summed E-state index contributed by atoms with van der Waals surface area (Å²) in [6, 6.07) is 10.1. The van der Waals surface area contributed by atoms with Gasteiger partial charge >= 0.3 is 0 Å². The fourth-order valence-corrected chi connectivity index (χ4v) is 2.74. The number of hydrogen-bond donors (Lipinski definition) is 0. The molecular weight excluding hydrogens is 303 g/mol. The molecule has 0 atom stereocenters. The summed E-state index contributed by atoms with van der Waals surface area (Å²) >= 11 is 6.28. The Hall–Kier alpha value is -2.53. The first-order valence-electron chi connectivity index (χ1n) is 6.70. The molecule has 108 valence electrons. The summed E-state index contributed by atoms with van der Waals surface area (Å²) in [4.78, 5) is 8.73. The van der Waals surface area contributed by atoms with Gasteiger partial charge < -0.3 is 0 Å². The van der Waals surface area contributed by atoms with E-state index in [9.17, 15) is 4.39 Å². The first-order valence-corrected chi connectivity index (χ1v) is 7.08. The molecule has 3 aromatic heterocycles. The lowest BCUT2D eigenvalue weighted by Gasteiger charge is -2.08. The third-order valence-corrected chi connectivity index (χ3v) is 3.79. The second-order valence-corrected chi connectivity index (χ2v) is 5.39. The lowest BCUT2D eigenvalue weighted by molar-refractivity contribution is 0.631. The second-order valence-electron chi connectivity index (χ2n) is 5.03. The predicted octanol–water partition coefficient (Wildman–Crippen LogP) is 4.05. The second kappa shape index (κ2) is 4.74. The summed E-state index contributed by atoms with van der Waals surface area (Å²) in [5.74, 6) is -0.338. The standard InChI is InChI=1S/C16H10ClFN4/c1-9-6-14-19-8-10-7-12(11-4-2-3-5-13(11)18)15(17)20-16(10)22(14)21-9/h2-8H,1H3. The molecule has 0 aliphatic rings. The van der Waals surface area contributed by atoms with Crippen molar-refractivity contribution in [3.8, 4) is 11.1 Å². The maximum Gasteiger partial charge on any atom is 0.166 e. The van der Waals surface area contributed by atoms with E-state index in [0.717, 1.165) is 11.1 Å². The number of rotatable bonds is 1. The van der Waals surface area contributed by atoms with Crippen molar-refractivity contribution >= 4 is 28.3 Å². The minimum atomic E-state index is -0.338. The predicted molar refractivity (Wildman–Crippen MR) is 83.4 cm³/mol. The number of pyridine rings is 1. The van der Waals surface area contributed by atoms with Gasteiger partial charge in [0, 0.05) is 28.8 Å². The maximum absolute atomic E-state index is 14.0. The van der Waals surface area contributed by atoms with Gasteiger partial charge in [0.2, 0.25) is 0 Å². The smallest absolute Gasteiger partial charge is 0.166 e. The van der Waals surface area contributed by atoms with E-state index >= 15 is 0 Å². The van der Waals surface area contributed by atoms with Gasteiger partial charge in [-0.25, -0.2) is 14.4 Å². The van der Waals surface area contributed by atoms with Crippen LogP contribution in [0, 0.1) is 12.7 Å². The molecule has 3 heterocycles. The van der Waals surface area contributed by atoms with Gasteiger partial charge in [0.15, 0.2) is 11.3 Å². The highest BCUT2D eigenvalue weighted by Crippen LogP contribution is 2.31. The molecule has 0 fully saturated rings. The average molecular weight is 313 g/mol. The van der Waals surface area contributed by atoms with E-state index in [-0.39, 0.29) is 11.0 Å². The molecule has 4 rings (SSSR count). The summed E-state index contributed by atoms with van der Waals surface area (Å²) < 4.78 is 15.6. The molecule has 0 radical (unpaired) electrons. The van der Waals surface area contributed by atoms with Gasteiger partial charge in [-0.2, -0.15) is 9.61 Å². The molecule has 0 aliphatic carbocycles. The number of nitrogens with zero attached hydrogens (tertiary/aromatic N) is 4. The van der Waals surface area contributed by atoms with Crippen LogP contribution in [0.15, 0.2) is 42.6 Å². The molecule has 0 unspecified atom stereocenters. The van der Waals surface area contributed by atoms with Crippen LogP contribution in [-0.4, -0.2) is 19.6 Å². The molecule has 4 nitrogen and oxygen atoms in total. The Bertz CT molecular complexity index is 1030. The fourth-order valence-electron chi connectivity index (χ4n) is 2.50. The van der Waals surface area contributed by atoms with Crippen LogP contribution in [0.1, 0.15) is 5.69 Å². The zero-order chi connectivity index (χ0) is 15.3. The normalized spacial score (nSPS) is 11.4. The van der Waals surface area contributed by atoms with E-state index in [4.69, 9.17) is 11.6 Å². The van der Waals surface area contributed by atoms with Crippen molar-refractivity contribution in [1.29, 1.82) is 0 Å². The molecule has 0 aliphatic heterocycles. The summed E-state index contributed by atoms with van der Waals surface area (Å²) in [6.45, 7) is 1.88. The van der Waals surface area contributed by atoms with Crippen molar-refractivity contribution in [1.82, 2.24) is 19.6 Å². The van der Waals surface area contributed by atoms with E-state index in [1.807, 2.05) is 13.0 Å². The van der Waals surface area contributed by atoms with Gasteiger partial charge in [0.25, 0.3) is 0 Å². The van der Waals surface area contributed by atoms with E-state index in [1.54, 1.807) is 35.0 Å². The Morgan fingerprint density at radius 2 is 1.95 bits per heavy atom. The number of benzene rings is 1. The van der Waals surface area contributed by atoms with Crippen molar-refractivity contribution in [2.24, 2.45) is 0 Å². The molecule has 1 aromatic carbocycles. The molecule has 22 heavy (non-hydrogen) atoms. The Morgan fingerprint density at radius 3 is 2.77 bits per heavy atom. The van der Waals surface area contributed by atoms with E-state index in [2.05, 4.69) is 15.1 Å². The minimum absolute atomic E-state index is 0.234. The molecule has 0 spiro atoms. The van der Waals surface area contributed by atoms with Crippen molar-refractivity contribution in [3.63, 3.8) is 0 Å². The number of fused-ring (bicyclic) bond motifs is 3. The number of hydrogen-bond acceptors (Lipinski definition) is 3. The molecule has 0 bridgehead atoms. The van der Waals surface area contributed by atoms with Gasteiger partial charge in [-0.05, 0) is 19.1 Å². The van der Waals surface area contributed by atoms with Crippen LogP contribution >= 0.6 is 11.6 Å². The van der Waals surface area contributed by atoms with Crippen molar-refractivity contribution in [2.75, 3.05) is 0 Å². The zero-order valence-electron chi connectivity index (χ0n) is 11.6. The van der Waals surface area contributed by atoms with Crippen LogP contribution in [0.5, 0.6) is 0 Å². The van der Waals surface area contributed by atoms with Crippen LogP contribution in [0.25, 0.3) is 27.8 Å². The van der Waals surface area contributed by atoms with Gasteiger partial charge in [0.05, 0.1) is 5.69 Å². The van der Waals surface area contributed by atoms with E-state index < -0.39 is 0 Å². The first kappa shape index (κ1) is 13.2. The Morgan fingerprint density at radius 1 is 1.14 bits per heavy atom. The minimum Gasteiger partial charge on any atom is -0.236 e. The third kappa shape index (κ3) is 1.94. The Balaban J connectivity index is 2.05. The molecule has 6 heteroatoms. The van der Waals surface area contributed by atoms with Gasteiger partial charge in [-0.15, -0.1) is 0 Å². The van der Waals surface area contributed by atoms with Crippen molar-refractivity contribution in [3.05, 3.63) is 59.3 Å². The number of aryl methyl sites for hydroxylation is 1. The lowest BCUT2D eigenvalue weighted by Crippen LogP contribution is -1.97. The molecule has 0 saturated heterocycles. The lowest BCUT2D eigenvalue weighted by atomic mass is 10.1. The van der Waals surface area contributed by atoms with E-state index in [1.165, 1.54) is 6.07 Å². The van der Waals surface area contributed by atoms with Crippen LogP contribution in [0.4, 0.5) is 4.39 Å². The summed E-state index contributed by atoms with van der Waals surface area (Å²) in [7, 11) is 0. The Labute approximate surface area is 130 Å². The molecule has 4 aromatic rings. The fraction of sp³-hybridized carbons (Fsp3) is 0.0625. The SMILES string of the molecule is Cc1cc2ncc3cc(-c4ccccc4F)c(Cl)nc3n2n1. The molecule has 0 saturated carbocycles. The quantitative estimate of drug-likeness (QED) is 0.498. The Kier molecular flexibility index (Phi) is 2.84. The van der Waals surface area contributed by atoms with Gasteiger partial charge in [-0.3, -0.25) is 0 Å². The first-order chi connectivity index (χ1) is 10.6. The van der Waals surface area contributed by atoms with E-state index in [0.29, 0.717) is 22.4 Å². The zero-order valence-corrected chi connectivity index (χ0v) is 12.3. The highest BCUT2D eigenvalue weighted by Gasteiger charge is 2.13. The topological polar surface area (TPSA) is 43.1 Å². The third-order valence-electron chi connectivity index (χ3n) is 3.50. The highest BCUT2D eigenvalue weighted by molar-refractivity contribution is 6.32. The summed E-state index contributed by atoms with van der Waals surface area (Å²) in [5, 5.41) is 5.34. The largest absolute Gasteiger partial charge is 0.236 e. The highest BCUT2D eigenvalue weighted by atomic mass is 35.5. The summed E-state index contributed by atoms with van der Waals surface area (Å²) in [6.07, 6.45) is 1.69. The number of halogens is 2. The van der Waals surface area contributed by atoms with Crippen LogP contribution in [0.2, 0.25) is 5.15 Å². The monoisotopic (exact) mass is 312 g/mol. The van der Waals surface area contributed by atoms with Gasteiger partial charge in [-0.1, -0.05) is 29.8 Å². The van der Waals surface area contributed by atoms with Crippen molar-refractivity contribution in [2.45, 2.75) is 6.92 Å². The summed E-state index contributed by atoms with van der Waals surface area (Å²) in [5.41, 5.74) is 3.10. The number of aromatic nitrogens is 4. The maximum atomic E-state index is 14.0. The average Bonchev–Trinajstić information content (AvgIpc) is 2.88. The molecule has 0 N–H and O–H groups in total. The van der Waals surface area contributed by atoms with Crippen LogP contribution < -0.4 is 0 Å². The molecular formula is C16H10ClFN4.